The number of hydrogen-bond donors (Lipinski definition) is 1. The van der Waals surface area contributed by atoms with Gasteiger partial charge in [-0.15, -0.1) is 0 Å². The van der Waals surface area contributed by atoms with E-state index in [0.717, 1.165) is 12.0 Å². The number of aromatic amines is 1. The Morgan fingerprint density at radius 2 is 1.72 bits per heavy atom. The fourth-order valence-corrected chi connectivity index (χ4v) is 3.70. The topological polar surface area (TPSA) is 42.1 Å². The highest BCUT2D eigenvalue weighted by Gasteiger charge is 2.19. The standard InChI is InChI=1S/C25H36FNO2/c1-5-7-8-9-10-11-12-13-19-14-15-20(21(16-19)18(3)4)23-17-22(26)24(27-23)25(28)29-6-2/h14-18,27H,5-13H2,1-4H3. The number of unbranched alkanes of at least 4 members (excludes halogenated alkanes) is 6. The summed E-state index contributed by atoms with van der Waals surface area (Å²) in [5, 5.41) is 0. The largest absolute Gasteiger partial charge is 0.461 e. The van der Waals surface area contributed by atoms with Crippen molar-refractivity contribution in [3.05, 3.63) is 46.9 Å². The lowest BCUT2D eigenvalue weighted by molar-refractivity contribution is 0.0515. The Morgan fingerprint density at radius 3 is 2.38 bits per heavy atom. The SMILES string of the molecule is CCCCCCCCCc1ccc(-c2cc(F)c(C(=O)OCC)[nH]2)c(C(C)C)c1. The number of esters is 1. The van der Waals surface area contributed by atoms with Gasteiger partial charge < -0.3 is 9.72 Å². The minimum Gasteiger partial charge on any atom is -0.461 e. The first-order valence-electron chi connectivity index (χ1n) is 11.2. The van der Waals surface area contributed by atoms with Crippen LogP contribution in [0.4, 0.5) is 4.39 Å². The lowest BCUT2D eigenvalue weighted by Crippen LogP contribution is -2.07. The van der Waals surface area contributed by atoms with Gasteiger partial charge >= 0.3 is 5.97 Å². The minimum absolute atomic E-state index is 0.108. The van der Waals surface area contributed by atoms with Gasteiger partial charge in [0.1, 0.15) is 0 Å². The lowest BCUT2D eigenvalue weighted by atomic mass is 9.92. The molecule has 2 rings (SSSR count). The highest BCUT2D eigenvalue weighted by Crippen LogP contribution is 2.31. The lowest BCUT2D eigenvalue weighted by Gasteiger charge is -2.14. The Morgan fingerprint density at radius 1 is 1.03 bits per heavy atom. The molecule has 0 fully saturated rings. The van der Waals surface area contributed by atoms with Crippen molar-refractivity contribution >= 4 is 5.97 Å². The highest BCUT2D eigenvalue weighted by molar-refractivity contribution is 5.89. The fraction of sp³-hybridized carbons (Fsp3) is 0.560. The molecule has 160 valence electrons. The molecule has 0 atom stereocenters. The third kappa shape index (κ3) is 6.73. The number of carbonyl (C=O) groups excluding carboxylic acids is 1. The van der Waals surface area contributed by atoms with Gasteiger partial charge in [-0.2, -0.15) is 0 Å². The first-order chi connectivity index (χ1) is 14.0. The summed E-state index contributed by atoms with van der Waals surface area (Å²) in [6.07, 6.45) is 10.2. The van der Waals surface area contributed by atoms with Crippen LogP contribution in [0.5, 0.6) is 0 Å². The van der Waals surface area contributed by atoms with E-state index in [2.05, 4.69) is 37.9 Å². The Balaban J connectivity index is 2.08. The van der Waals surface area contributed by atoms with Gasteiger partial charge in [-0.3, -0.25) is 0 Å². The number of carbonyl (C=O) groups is 1. The van der Waals surface area contributed by atoms with Crippen molar-refractivity contribution in [2.75, 3.05) is 6.61 Å². The van der Waals surface area contributed by atoms with Crippen LogP contribution in [0, 0.1) is 5.82 Å². The van der Waals surface area contributed by atoms with Crippen LogP contribution in [-0.4, -0.2) is 17.6 Å². The Labute approximate surface area is 175 Å². The van der Waals surface area contributed by atoms with E-state index in [1.165, 1.54) is 62.1 Å². The van der Waals surface area contributed by atoms with Gasteiger partial charge in [0.05, 0.1) is 6.61 Å². The quantitative estimate of drug-likeness (QED) is 0.297. The van der Waals surface area contributed by atoms with Crippen molar-refractivity contribution in [3.8, 4) is 11.3 Å². The zero-order chi connectivity index (χ0) is 21.2. The number of rotatable bonds is 12. The molecular weight excluding hydrogens is 365 g/mol. The summed E-state index contributed by atoms with van der Waals surface area (Å²) in [7, 11) is 0. The predicted molar refractivity (Wildman–Crippen MR) is 118 cm³/mol. The Kier molecular flexibility index (Phi) is 9.43. The molecule has 1 heterocycles. The first-order valence-corrected chi connectivity index (χ1v) is 11.2. The van der Waals surface area contributed by atoms with Crippen molar-refractivity contribution in [2.24, 2.45) is 0 Å². The van der Waals surface area contributed by atoms with Crippen molar-refractivity contribution in [1.29, 1.82) is 0 Å². The van der Waals surface area contributed by atoms with Crippen LogP contribution >= 0.6 is 0 Å². The maximum atomic E-state index is 14.3. The summed E-state index contributed by atoms with van der Waals surface area (Å²) in [6, 6.07) is 7.80. The smallest absolute Gasteiger partial charge is 0.357 e. The number of hydrogen-bond acceptors (Lipinski definition) is 2. The van der Waals surface area contributed by atoms with Gasteiger partial charge in [-0.25, -0.2) is 9.18 Å². The summed E-state index contributed by atoms with van der Waals surface area (Å²) in [6.45, 7) is 8.45. The molecule has 1 N–H and O–H groups in total. The molecular formula is C25H36FNO2. The number of aromatic nitrogens is 1. The number of H-pyrrole nitrogens is 1. The predicted octanol–water partition coefficient (Wildman–Crippen LogP) is 7.41. The third-order valence-corrected chi connectivity index (χ3v) is 5.35. The van der Waals surface area contributed by atoms with Crippen LogP contribution in [0.1, 0.15) is 100 Å². The van der Waals surface area contributed by atoms with Crippen LogP contribution in [0.25, 0.3) is 11.3 Å². The van der Waals surface area contributed by atoms with Gasteiger partial charge in [0.25, 0.3) is 0 Å². The normalized spacial score (nSPS) is 11.2. The second-order valence-electron chi connectivity index (χ2n) is 8.07. The van der Waals surface area contributed by atoms with Gasteiger partial charge in [-0.1, -0.05) is 77.5 Å². The van der Waals surface area contributed by atoms with Crippen molar-refractivity contribution < 1.29 is 13.9 Å². The molecule has 3 nitrogen and oxygen atoms in total. The summed E-state index contributed by atoms with van der Waals surface area (Å²) >= 11 is 0. The van der Waals surface area contributed by atoms with Crippen molar-refractivity contribution in [2.45, 2.75) is 85.0 Å². The zero-order valence-corrected chi connectivity index (χ0v) is 18.4. The van der Waals surface area contributed by atoms with E-state index in [0.29, 0.717) is 11.6 Å². The average molecular weight is 402 g/mol. The molecule has 0 amide bonds. The summed E-state index contributed by atoms with van der Waals surface area (Å²) in [5.41, 5.74) is 3.95. The summed E-state index contributed by atoms with van der Waals surface area (Å²) in [4.78, 5) is 14.8. The molecule has 29 heavy (non-hydrogen) atoms. The monoisotopic (exact) mass is 401 g/mol. The fourth-order valence-electron chi connectivity index (χ4n) is 3.70. The second kappa shape index (κ2) is 11.8. The molecule has 0 saturated heterocycles. The Bertz CT molecular complexity index is 779. The summed E-state index contributed by atoms with van der Waals surface area (Å²) in [5.74, 6) is -0.922. The van der Waals surface area contributed by atoms with E-state index in [1.807, 2.05) is 6.07 Å². The van der Waals surface area contributed by atoms with Gasteiger partial charge in [0.2, 0.25) is 0 Å². The molecule has 0 aliphatic heterocycles. The van der Waals surface area contributed by atoms with E-state index in [-0.39, 0.29) is 12.3 Å². The van der Waals surface area contributed by atoms with E-state index in [1.54, 1.807) is 6.92 Å². The van der Waals surface area contributed by atoms with Gasteiger partial charge in [-0.05, 0) is 36.8 Å². The first kappa shape index (κ1) is 23.2. The Hall–Kier alpha value is -2.10. The third-order valence-electron chi connectivity index (χ3n) is 5.35. The second-order valence-corrected chi connectivity index (χ2v) is 8.07. The molecule has 1 aromatic heterocycles. The molecule has 0 aliphatic carbocycles. The maximum Gasteiger partial charge on any atom is 0.357 e. The van der Waals surface area contributed by atoms with Gasteiger partial charge in [0, 0.05) is 17.3 Å². The molecule has 0 unspecified atom stereocenters. The summed E-state index contributed by atoms with van der Waals surface area (Å²) < 4.78 is 19.2. The molecule has 4 heteroatoms. The van der Waals surface area contributed by atoms with Crippen molar-refractivity contribution in [1.82, 2.24) is 4.98 Å². The molecule has 0 spiro atoms. The number of benzene rings is 1. The average Bonchev–Trinajstić information content (AvgIpc) is 3.09. The van der Waals surface area contributed by atoms with E-state index < -0.39 is 11.8 Å². The number of halogens is 1. The van der Waals surface area contributed by atoms with Crippen LogP contribution in [-0.2, 0) is 11.2 Å². The molecule has 1 aromatic carbocycles. The number of nitrogens with one attached hydrogen (secondary N) is 1. The van der Waals surface area contributed by atoms with Crippen LogP contribution < -0.4 is 0 Å². The van der Waals surface area contributed by atoms with Gasteiger partial charge in [0.15, 0.2) is 11.5 Å². The minimum atomic E-state index is -0.655. The molecule has 0 aliphatic rings. The molecule has 0 bridgehead atoms. The highest BCUT2D eigenvalue weighted by atomic mass is 19.1. The zero-order valence-electron chi connectivity index (χ0n) is 18.4. The number of ether oxygens (including phenoxy) is 1. The van der Waals surface area contributed by atoms with E-state index >= 15 is 0 Å². The van der Waals surface area contributed by atoms with E-state index in [4.69, 9.17) is 4.74 Å². The number of aryl methyl sites for hydroxylation is 1. The maximum absolute atomic E-state index is 14.3. The van der Waals surface area contributed by atoms with Crippen molar-refractivity contribution in [3.63, 3.8) is 0 Å². The van der Waals surface area contributed by atoms with Crippen LogP contribution in [0.3, 0.4) is 0 Å². The van der Waals surface area contributed by atoms with Crippen LogP contribution in [0.2, 0.25) is 0 Å². The molecule has 0 saturated carbocycles. The molecule has 0 radical (unpaired) electrons. The van der Waals surface area contributed by atoms with E-state index in [9.17, 15) is 9.18 Å². The van der Waals surface area contributed by atoms with Crippen LogP contribution in [0.15, 0.2) is 24.3 Å². The molecule has 2 aromatic rings.